The highest BCUT2D eigenvalue weighted by Crippen LogP contribution is 2.22. The third-order valence-electron chi connectivity index (χ3n) is 2.51. The second-order valence-corrected chi connectivity index (χ2v) is 3.78. The number of carbonyl (C=O) groups is 1. The lowest BCUT2D eigenvalue weighted by molar-refractivity contribution is -0.145. The molecule has 0 radical (unpaired) electrons. The van der Waals surface area contributed by atoms with Crippen molar-refractivity contribution in [3.8, 4) is 11.6 Å². The molecule has 2 aromatic rings. The lowest BCUT2D eigenvalue weighted by Gasteiger charge is -2.14. The number of aromatic nitrogens is 1. The van der Waals surface area contributed by atoms with E-state index < -0.39 is 12.1 Å². The summed E-state index contributed by atoms with van der Waals surface area (Å²) in [6.45, 7) is 0. The number of ether oxygens (including phenoxy) is 2. The van der Waals surface area contributed by atoms with Crippen molar-refractivity contribution in [1.29, 1.82) is 0 Å². The van der Waals surface area contributed by atoms with E-state index in [9.17, 15) is 9.90 Å². The second-order valence-electron chi connectivity index (χ2n) is 3.78. The Hall–Kier alpha value is -2.56. The lowest BCUT2D eigenvalue weighted by atomic mass is 10.1. The lowest BCUT2D eigenvalue weighted by Crippen LogP contribution is -2.18. The Morgan fingerprint density at radius 2 is 1.95 bits per heavy atom. The average Bonchev–Trinajstić information content (AvgIpc) is 2.46. The molecule has 98 valence electrons. The Labute approximate surface area is 110 Å². The fraction of sp³-hybridized carbons (Fsp3) is 0.143. The molecule has 0 saturated carbocycles. The molecule has 1 heterocycles. The minimum absolute atomic E-state index is 0.233. The van der Waals surface area contributed by atoms with E-state index in [-0.39, 0.29) is 5.88 Å². The Bertz CT molecular complexity index is 539. The smallest absolute Gasteiger partial charge is 0.349 e. The summed E-state index contributed by atoms with van der Waals surface area (Å²) in [6, 6.07) is 12.0. The summed E-state index contributed by atoms with van der Waals surface area (Å²) in [5.74, 6) is -0.250. The van der Waals surface area contributed by atoms with Crippen molar-refractivity contribution in [2.24, 2.45) is 0 Å². The summed E-state index contributed by atoms with van der Waals surface area (Å²) in [4.78, 5) is 15.2. The number of carboxylic acids is 1. The van der Waals surface area contributed by atoms with E-state index in [2.05, 4.69) is 4.98 Å². The Morgan fingerprint density at radius 1 is 1.21 bits per heavy atom. The molecular formula is C14H13NO4. The van der Waals surface area contributed by atoms with Gasteiger partial charge in [0.2, 0.25) is 12.0 Å². The van der Waals surface area contributed by atoms with Gasteiger partial charge in [-0.05, 0) is 6.07 Å². The topological polar surface area (TPSA) is 68.7 Å². The number of hydrogen-bond donors (Lipinski definition) is 1. The van der Waals surface area contributed by atoms with Gasteiger partial charge in [-0.15, -0.1) is 0 Å². The maximum Gasteiger partial charge on any atom is 0.349 e. The Balaban J connectivity index is 2.19. The van der Waals surface area contributed by atoms with E-state index >= 15 is 0 Å². The summed E-state index contributed by atoms with van der Waals surface area (Å²) in [5, 5.41) is 9.21. The van der Waals surface area contributed by atoms with Crippen LogP contribution in [0, 0.1) is 0 Å². The first-order chi connectivity index (χ1) is 9.20. The molecule has 0 saturated heterocycles. The number of pyridine rings is 1. The van der Waals surface area contributed by atoms with Gasteiger partial charge in [0.25, 0.3) is 0 Å². The van der Waals surface area contributed by atoms with Gasteiger partial charge in [0, 0.05) is 11.6 Å². The van der Waals surface area contributed by atoms with Crippen LogP contribution in [0.25, 0.3) is 0 Å². The minimum atomic E-state index is -1.08. The molecule has 2 rings (SSSR count). The van der Waals surface area contributed by atoms with Gasteiger partial charge in [-0.1, -0.05) is 30.3 Å². The monoisotopic (exact) mass is 259 g/mol. The van der Waals surface area contributed by atoms with Crippen LogP contribution in [0.15, 0.2) is 48.7 Å². The van der Waals surface area contributed by atoms with Crippen LogP contribution < -0.4 is 9.47 Å². The molecule has 0 aliphatic rings. The first-order valence-corrected chi connectivity index (χ1v) is 5.65. The van der Waals surface area contributed by atoms with Crippen molar-refractivity contribution < 1.29 is 19.4 Å². The third-order valence-corrected chi connectivity index (χ3v) is 2.51. The summed E-state index contributed by atoms with van der Waals surface area (Å²) in [7, 11) is 1.53. The molecule has 0 bridgehead atoms. The summed E-state index contributed by atoms with van der Waals surface area (Å²) >= 11 is 0. The zero-order valence-electron chi connectivity index (χ0n) is 10.3. The number of aliphatic carboxylic acids is 1. The largest absolute Gasteiger partial charge is 0.495 e. The van der Waals surface area contributed by atoms with Crippen LogP contribution in [0.1, 0.15) is 11.7 Å². The molecule has 5 nitrogen and oxygen atoms in total. The van der Waals surface area contributed by atoms with E-state index in [4.69, 9.17) is 9.47 Å². The van der Waals surface area contributed by atoms with E-state index in [0.29, 0.717) is 11.3 Å². The zero-order valence-corrected chi connectivity index (χ0v) is 10.3. The number of nitrogens with zero attached hydrogens (tertiary/aromatic N) is 1. The van der Waals surface area contributed by atoms with Gasteiger partial charge in [0.1, 0.15) is 5.75 Å². The van der Waals surface area contributed by atoms with Gasteiger partial charge in [0.15, 0.2) is 0 Å². The minimum Gasteiger partial charge on any atom is -0.495 e. The molecule has 0 spiro atoms. The fourth-order valence-electron chi connectivity index (χ4n) is 1.57. The molecule has 0 aliphatic carbocycles. The molecule has 1 aromatic carbocycles. The van der Waals surface area contributed by atoms with Crippen molar-refractivity contribution in [2.45, 2.75) is 6.10 Å². The molecule has 19 heavy (non-hydrogen) atoms. The molecule has 5 heteroatoms. The van der Waals surface area contributed by atoms with Gasteiger partial charge in [-0.25, -0.2) is 9.78 Å². The Kier molecular flexibility index (Phi) is 3.97. The molecule has 0 aliphatic heterocycles. The molecule has 0 amide bonds. The molecule has 1 atom stereocenters. The van der Waals surface area contributed by atoms with Crippen LogP contribution in [0.4, 0.5) is 0 Å². The van der Waals surface area contributed by atoms with Gasteiger partial charge in [0.05, 0.1) is 13.3 Å². The SMILES string of the molecule is COc1ccc(OC(C(=O)O)c2ccccc2)nc1. The highest BCUT2D eigenvalue weighted by molar-refractivity contribution is 5.74. The van der Waals surface area contributed by atoms with E-state index in [1.807, 2.05) is 6.07 Å². The second kappa shape index (κ2) is 5.86. The van der Waals surface area contributed by atoms with E-state index in [1.54, 1.807) is 36.4 Å². The van der Waals surface area contributed by atoms with Crippen LogP contribution >= 0.6 is 0 Å². The van der Waals surface area contributed by atoms with Crippen molar-refractivity contribution in [3.63, 3.8) is 0 Å². The van der Waals surface area contributed by atoms with E-state index in [0.717, 1.165) is 0 Å². The van der Waals surface area contributed by atoms with Gasteiger partial charge < -0.3 is 14.6 Å². The van der Waals surface area contributed by atoms with Crippen molar-refractivity contribution in [2.75, 3.05) is 7.11 Å². The highest BCUT2D eigenvalue weighted by atomic mass is 16.5. The van der Waals surface area contributed by atoms with Crippen LogP contribution in [0.3, 0.4) is 0 Å². The maximum absolute atomic E-state index is 11.2. The third kappa shape index (κ3) is 3.22. The van der Waals surface area contributed by atoms with Crippen molar-refractivity contribution in [3.05, 3.63) is 54.2 Å². The fourth-order valence-corrected chi connectivity index (χ4v) is 1.57. The van der Waals surface area contributed by atoms with Gasteiger partial charge in [-0.2, -0.15) is 0 Å². The summed E-state index contributed by atoms with van der Waals surface area (Å²) in [6.07, 6.45) is 0.390. The van der Waals surface area contributed by atoms with Gasteiger partial charge in [-0.3, -0.25) is 0 Å². The predicted octanol–water partition coefficient (Wildman–Crippen LogP) is 2.29. The maximum atomic E-state index is 11.2. The Morgan fingerprint density at radius 3 is 2.47 bits per heavy atom. The normalized spacial score (nSPS) is 11.6. The molecular weight excluding hydrogens is 246 g/mol. The number of benzene rings is 1. The summed E-state index contributed by atoms with van der Waals surface area (Å²) < 4.78 is 10.4. The number of methoxy groups -OCH3 is 1. The average molecular weight is 259 g/mol. The standard InChI is InChI=1S/C14H13NO4/c1-18-11-7-8-12(15-9-11)19-13(14(16)17)10-5-3-2-4-6-10/h2-9,13H,1H3,(H,16,17). The van der Waals surface area contributed by atoms with Crippen LogP contribution in [-0.4, -0.2) is 23.2 Å². The van der Waals surface area contributed by atoms with Crippen molar-refractivity contribution in [1.82, 2.24) is 4.98 Å². The number of carboxylic acid groups (broad SMARTS) is 1. The van der Waals surface area contributed by atoms with Crippen molar-refractivity contribution >= 4 is 5.97 Å². The molecule has 1 unspecified atom stereocenters. The zero-order chi connectivity index (χ0) is 13.7. The predicted molar refractivity (Wildman–Crippen MR) is 68.2 cm³/mol. The van der Waals surface area contributed by atoms with Crippen LogP contribution in [-0.2, 0) is 4.79 Å². The first-order valence-electron chi connectivity index (χ1n) is 5.65. The number of rotatable bonds is 5. The summed E-state index contributed by atoms with van der Waals surface area (Å²) in [5.41, 5.74) is 0.563. The quantitative estimate of drug-likeness (QED) is 0.892. The van der Waals surface area contributed by atoms with E-state index in [1.165, 1.54) is 13.3 Å². The first kappa shape index (κ1) is 12.9. The molecule has 1 aromatic heterocycles. The van der Waals surface area contributed by atoms with Crippen LogP contribution in [0.2, 0.25) is 0 Å². The molecule has 1 N–H and O–H groups in total. The number of hydrogen-bond acceptors (Lipinski definition) is 4. The molecule has 0 fully saturated rings. The highest BCUT2D eigenvalue weighted by Gasteiger charge is 2.22. The van der Waals surface area contributed by atoms with Crippen LogP contribution in [0.5, 0.6) is 11.6 Å². The van der Waals surface area contributed by atoms with Gasteiger partial charge >= 0.3 is 5.97 Å².